The van der Waals surface area contributed by atoms with Gasteiger partial charge < -0.3 is 10.5 Å². The van der Waals surface area contributed by atoms with E-state index in [0.717, 1.165) is 16.8 Å². The minimum Gasteiger partial charge on any atom is -0.457 e. The Balaban J connectivity index is 1.58. The SMILES string of the molecule is NC(=O)c1c(-c2ccc(Oc3ccccc3)cc2)[nH]n2c1nc1cnccc12. The summed E-state index contributed by atoms with van der Waals surface area (Å²) in [7, 11) is 0. The van der Waals surface area contributed by atoms with E-state index >= 15 is 0 Å². The van der Waals surface area contributed by atoms with Crippen LogP contribution in [-0.2, 0) is 0 Å². The molecule has 0 unspecified atom stereocenters. The van der Waals surface area contributed by atoms with Crippen LogP contribution in [0.5, 0.6) is 11.5 Å². The van der Waals surface area contributed by atoms with E-state index < -0.39 is 5.91 Å². The van der Waals surface area contributed by atoms with E-state index in [1.54, 1.807) is 16.9 Å². The number of H-pyrrole nitrogens is 1. The van der Waals surface area contributed by atoms with Gasteiger partial charge in [-0.25, -0.2) is 9.50 Å². The molecule has 28 heavy (non-hydrogen) atoms. The zero-order valence-corrected chi connectivity index (χ0v) is 14.7. The van der Waals surface area contributed by atoms with Crippen molar-refractivity contribution in [1.82, 2.24) is 19.6 Å². The van der Waals surface area contributed by atoms with Gasteiger partial charge >= 0.3 is 0 Å². The van der Waals surface area contributed by atoms with Gasteiger partial charge in [0.05, 0.1) is 17.4 Å². The van der Waals surface area contributed by atoms with Gasteiger partial charge in [0, 0.05) is 11.8 Å². The molecule has 0 fully saturated rings. The molecule has 0 saturated carbocycles. The zero-order valence-electron chi connectivity index (χ0n) is 14.7. The first-order valence-corrected chi connectivity index (χ1v) is 8.68. The summed E-state index contributed by atoms with van der Waals surface area (Å²) < 4.78 is 7.57. The summed E-state index contributed by atoms with van der Waals surface area (Å²) in [5, 5.41) is 3.24. The largest absolute Gasteiger partial charge is 0.457 e. The molecule has 0 aliphatic carbocycles. The molecule has 7 nitrogen and oxygen atoms in total. The second kappa shape index (κ2) is 6.24. The molecule has 3 N–H and O–H groups in total. The number of hydrogen-bond acceptors (Lipinski definition) is 4. The maximum Gasteiger partial charge on any atom is 0.254 e. The van der Waals surface area contributed by atoms with E-state index in [4.69, 9.17) is 10.5 Å². The third-order valence-corrected chi connectivity index (χ3v) is 4.52. The van der Waals surface area contributed by atoms with E-state index in [9.17, 15) is 4.79 Å². The number of nitrogens with one attached hydrogen (secondary N) is 1. The number of fused-ring (bicyclic) bond motifs is 3. The summed E-state index contributed by atoms with van der Waals surface area (Å²) >= 11 is 0. The highest BCUT2D eigenvalue weighted by molar-refractivity contribution is 6.06. The van der Waals surface area contributed by atoms with Gasteiger partial charge in [0.15, 0.2) is 5.65 Å². The fourth-order valence-corrected chi connectivity index (χ4v) is 3.25. The van der Waals surface area contributed by atoms with Gasteiger partial charge in [-0.05, 0) is 42.5 Å². The molecule has 7 heteroatoms. The highest BCUT2D eigenvalue weighted by Gasteiger charge is 2.21. The maximum absolute atomic E-state index is 12.2. The fourth-order valence-electron chi connectivity index (χ4n) is 3.25. The first-order chi connectivity index (χ1) is 13.7. The average molecular weight is 369 g/mol. The number of benzene rings is 2. The number of primary amides is 1. The monoisotopic (exact) mass is 369 g/mol. The molecule has 0 bridgehead atoms. The van der Waals surface area contributed by atoms with Crippen LogP contribution in [0.1, 0.15) is 10.4 Å². The van der Waals surface area contributed by atoms with Crippen molar-refractivity contribution in [2.24, 2.45) is 5.73 Å². The van der Waals surface area contributed by atoms with Crippen LogP contribution < -0.4 is 10.5 Å². The number of amides is 1. The van der Waals surface area contributed by atoms with Crippen LogP contribution in [0.25, 0.3) is 27.9 Å². The molecule has 5 aromatic rings. The van der Waals surface area contributed by atoms with Crippen molar-refractivity contribution in [2.75, 3.05) is 0 Å². The predicted octanol–water partition coefficient (Wildman–Crippen LogP) is 3.77. The van der Waals surface area contributed by atoms with Gasteiger partial charge in [0.2, 0.25) is 0 Å². The molecule has 5 rings (SSSR count). The third kappa shape index (κ3) is 2.57. The number of imidazole rings is 1. The molecule has 0 spiro atoms. The van der Waals surface area contributed by atoms with Crippen LogP contribution in [0.2, 0.25) is 0 Å². The molecule has 0 radical (unpaired) electrons. The number of hydrogen-bond donors (Lipinski definition) is 2. The van der Waals surface area contributed by atoms with Crippen LogP contribution in [-0.4, -0.2) is 25.5 Å². The van der Waals surface area contributed by atoms with Gasteiger partial charge in [-0.15, -0.1) is 0 Å². The minimum atomic E-state index is -0.547. The van der Waals surface area contributed by atoms with E-state index in [1.165, 1.54) is 0 Å². The summed E-state index contributed by atoms with van der Waals surface area (Å²) in [6.45, 7) is 0. The highest BCUT2D eigenvalue weighted by Crippen LogP contribution is 2.30. The second-order valence-corrected chi connectivity index (χ2v) is 6.30. The van der Waals surface area contributed by atoms with Crippen molar-refractivity contribution in [1.29, 1.82) is 0 Å². The van der Waals surface area contributed by atoms with Gasteiger partial charge in [-0.3, -0.25) is 14.9 Å². The molecule has 0 aliphatic rings. The topological polar surface area (TPSA) is 98.3 Å². The van der Waals surface area contributed by atoms with Crippen LogP contribution in [0, 0.1) is 0 Å². The number of aromatic nitrogens is 4. The first kappa shape index (κ1) is 16.1. The Morgan fingerprint density at radius 1 is 1.00 bits per heavy atom. The highest BCUT2D eigenvalue weighted by atomic mass is 16.5. The van der Waals surface area contributed by atoms with Gasteiger partial charge in [0.1, 0.15) is 22.6 Å². The number of carbonyl (C=O) groups is 1. The van der Waals surface area contributed by atoms with E-state index in [1.807, 2.05) is 60.7 Å². The maximum atomic E-state index is 12.2. The van der Waals surface area contributed by atoms with Crippen molar-refractivity contribution in [3.05, 3.63) is 78.6 Å². The quantitative estimate of drug-likeness (QED) is 0.504. The van der Waals surface area contributed by atoms with Gasteiger partial charge in [-0.2, -0.15) is 0 Å². The van der Waals surface area contributed by atoms with Gasteiger partial charge in [-0.1, -0.05) is 18.2 Å². The minimum absolute atomic E-state index is 0.341. The number of nitrogens with zero attached hydrogens (tertiary/aromatic N) is 3. The Kier molecular flexibility index (Phi) is 3.58. The lowest BCUT2D eigenvalue weighted by atomic mass is 10.1. The standard InChI is InChI=1S/C21H15N5O2/c22-20(27)18-19(25-26-17-10-11-23-12-16(17)24-21(18)26)13-6-8-15(9-7-13)28-14-4-2-1-3-5-14/h1-12,25H,(H2,22,27). The Morgan fingerprint density at radius 3 is 2.50 bits per heavy atom. The van der Waals surface area contributed by atoms with Crippen LogP contribution in [0.3, 0.4) is 0 Å². The van der Waals surface area contributed by atoms with Crippen molar-refractivity contribution >= 4 is 22.6 Å². The molecule has 1 amide bonds. The summed E-state index contributed by atoms with van der Waals surface area (Å²) in [4.78, 5) is 20.7. The number of ether oxygens (including phenoxy) is 1. The summed E-state index contributed by atoms with van der Waals surface area (Å²) in [5.41, 5.74) is 9.42. The number of para-hydroxylation sites is 1. The number of rotatable bonds is 4. The summed E-state index contributed by atoms with van der Waals surface area (Å²) in [6, 6.07) is 18.8. The van der Waals surface area contributed by atoms with Crippen molar-refractivity contribution < 1.29 is 9.53 Å². The molecular formula is C21H15N5O2. The second-order valence-electron chi connectivity index (χ2n) is 6.30. The van der Waals surface area contributed by atoms with E-state index in [0.29, 0.717) is 28.2 Å². The molecule has 3 heterocycles. The van der Waals surface area contributed by atoms with Gasteiger partial charge in [0.25, 0.3) is 5.91 Å². The molecule has 0 saturated heterocycles. The van der Waals surface area contributed by atoms with Crippen molar-refractivity contribution in [3.63, 3.8) is 0 Å². The summed E-state index contributed by atoms with van der Waals surface area (Å²) in [5.74, 6) is 0.907. The normalized spacial score (nSPS) is 11.1. The van der Waals surface area contributed by atoms with Crippen molar-refractivity contribution in [3.8, 4) is 22.8 Å². The zero-order chi connectivity index (χ0) is 19.1. The lowest BCUT2D eigenvalue weighted by Gasteiger charge is -2.06. The van der Waals surface area contributed by atoms with Crippen LogP contribution in [0.4, 0.5) is 0 Å². The molecule has 3 aromatic heterocycles. The number of nitrogens with two attached hydrogens (primary N) is 1. The summed E-state index contributed by atoms with van der Waals surface area (Å²) in [6.07, 6.45) is 3.33. The Labute approximate surface area is 159 Å². The molecule has 136 valence electrons. The fraction of sp³-hybridized carbons (Fsp3) is 0. The number of aromatic amines is 1. The smallest absolute Gasteiger partial charge is 0.254 e. The molecular weight excluding hydrogens is 354 g/mol. The first-order valence-electron chi connectivity index (χ1n) is 8.68. The molecule has 0 aliphatic heterocycles. The third-order valence-electron chi connectivity index (χ3n) is 4.52. The Morgan fingerprint density at radius 2 is 1.75 bits per heavy atom. The van der Waals surface area contributed by atoms with Crippen LogP contribution >= 0.6 is 0 Å². The lowest BCUT2D eigenvalue weighted by Crippen LogP contribution is -2.12. The molecule has 0 atom stereocenters. The van der Waals surface area contributed by atoms with Crippen LogP contribution in [0.15, 0.2) is 73.1 Å². The number of carbonyl (C=O) groups excluding carboxylic acids is 1. The molecule has 2 aromatic carbocycles. The Hall–Kier alpha value is -4.13. The number of pyridine rings is 1. The lowest BCUT2D eigenvalue weighted by molar-refractivity contribution is 0.100. The average Bonchev–Trinajstić information content (AvgIpc) is 3.25. The predicted molar refractivity (Wildman–Crippen MR) is 105 cm³/mol. The Bertz CT molecular complexity index is 1300. The van der Waals surface area contributed by atoms with E-state index in [2.05, 4.69) is 15.1 Å². The van der Waals surface area contributed by atoms with E-state index in [-0.39, 0.29) is 0 Å². The van der Waals surface area contributed by atoms with Crippen molar-refractivity contribution in [2.45, 2.75) is 0 Å².